The minimum Gasteiger partial charge on any atom is -0.474 e. The van der Waals surface area contributed by atoms with Crippen molar-refractivity contribution < 1.29 is 9.53 Å². The number of amides is 1. The number of benzene rings is 1. The summed E-state index contributed by atoms with van der Waals surface area (Å²) in [5.41, 5.74) is 2.43. The molecular formula is C15H13BrN2O2. The van der Waals surface area contributed by atoms with Crippen molar-refractivity contribution >= 4 is 27.5 Å². The normalized spacial score (nSPS) is 13.6. The number of pyridine rings is 1. The van der Waals surface area contributed by atoms with Gasteiger partial charge in [0.05, 0.1) is 12.1 Å². The van der Waals surface area contributed by atoms with E-state index in [0.29, 0.717) is 24.6 Å². The molecule has 0 spiro atoms. The van der Waals surface area contributed by atoms with E-state index < -0.39 is 0 Å². The zero-order chi connectivity index (χ0) is 14.1. The van der Waals surface area contributed by atoms with Crippen LogP contribution in [0.3, 0.4) is 0 Å². The van der Waals surface area contributed by atoms with Crippen LogP contribution in [0.1, 0.15) is 15.9 Å². The van der Waals surface area contributed by atoms with Crippen molar-refractivity contribution in [1.82, 2.24) is 4.98 Å². The third-order valence-corrected chi connectivity index (χ3v) is 3.88. The van der Waals surface area contributed by atoms with Gasteiger partial charge in [0.15, 0.2) is 0 Å². The lowest BCUT2D eigenvalue weighted by molar-refractivity contribution is 0.0975. The van der Waals surface area contributed by atoms with Crippen LogP contribution in [0.5, 0.6) is 5.88 Å². The van der Waals surface area contributed by atoms with Gasteiger partial charge in [0, 0.05) is 10.7 Å². The van der Waals surface area contributed by atoms with Crippen LogP contribution in [-0.2, 0) is 0 Å². The standard InChI is InChI=1S/C15H13BrN2O2/c1-10-4-5-12(16)11(9-10)15(19)18-7-8-20-14-13(18)3-2-6-17-14/h2-6,9H,7-8H2,1H3. The summed E-state index contributed by atoms with van der Waals surface area (Å²) in [6.07, 6.45) is 1.66. The predicted octanol–water partition coefficient (Wildman–Crippen LogP) is 3.19. The van der Waals surface area contributed by atoms with Crippen LogP contribution >= 0.6 is 15.9 Å². The highest BCUT2D eigenvalue weighted by atomic mass is 79.9. The van der Waals surface area contributed by atoms with E-state index in [4.69, 9.17) is 4.74 Å². The molecule has 0 unspecified atom stereocenters. The number of aryl methyl sites for hydroxylation is 1. The zero-order valence-electron chi connectivity index (χ0n) is 11.0. The van der Waals surface area contributed by atoms with Crippen molar-refractivity contribution in [1.29, 1.82) is 0 Å². The average molecular weight is 333 g/mol. The lowest BCUT2D eigenvalue weighted by Crippen LogP contribution is -2.38. The lowest BCUT2D eigenvalue weighted by Gasteiger charge is -2.28. The molecule has 2 aromatic rings. The molecule has 1 aliphatic rings. The molecule has 2 heterocycles. The summed E-state index contributed by atoms with van der Waals surface area (Å²) in [6.45, 7) is 2.95. The molecule has 5 heteroatoms. The highest BCUT2D eigenvalue weighted by molar-refractivity contribution is 9.10. The number of hydrogen-bond acceptors (Lipinski definition) is 3. The predicted molar refractivity (Wildman–Crippen MR) is 80.3 cm³/mol. The Balaban J connectivity index is 2.02. The molecule has 102 valence electrons. The fraction of sp³-hybridized carbons (Fsp3) is 0.200. The SMILES string of the molecule is Cc1ccc(Br)c(C(=O)N2CCOc3ncccc32)c1. The van der Waals surface area contributed by atoms with E-state index in [2.05, 4.69) is 20.9 Å². The van der Waals surface area contributed by atoms with E-state index in [1.54, 1.807) is 17.2 Å². The summed E-state index contributed by atoms with van der Waals surface area (Å²) in [5.74, 6) is 0.467. The molecule has 0 aliphatic carbocycles. The van der Waals surface area contributed by atoms with E-state index in [0.717, 1.165) is 15.7 Å². The van der Waals surface area contributed by atoms with Crippen LogP contribution in [-0.4, -0.2) is 24.0 Å². The van der Waals surface area contributed by atoms with E-state index in [1.165, 1.54) is 0 Å². The first-order valence-corrected chi connectivity index (χ1v) is 7.12. The molecule has 1 amide bonds. The number of anilines is 1. The smallest absolute Gasteiger partial charge is 0.259 e. The largest absolute Gasteiger partial charge is 0.474 e. The van der Waals surface area contributed by atoms with Gasteiger partial charge in [0.2, 0.25) is 5.88 Å². The van der Waals surface area contributed by atoms with Crippen molar-refractivity contribution in [2.45, 2.75) is 6.92 Å². The second kappa shape index (κ2) is 5.25. The number of nitrogens with zero attached hydrogens (tertiary/aromatic N) is 2. The Labute approximate surface area is 125 Å². The number of hydrogen-bond donors (Lipinski definition) is 0. The molecule has 0 radical (unpaired) electrons. The third-order valence-electron chi connectivity index (χ3n) is 3.19. The van der Waals surface area contributed by atoms with Gasteiger partial charge in [-0.15, -0.1) is 0 Å². The monoisotopic (exact) mass is 332 g/mol. The van der Waals surface area contributed by atoms with E-state index in [-0.39, 0.29) is 5.91 Å². The Hall–Kier alpha value is -1.88. The van der Waals surface area contributed by atoms with Gasteiger partial charge >= 0.3 is 0 Å². The van der Waals surface area contributed by atoms with Crippen molar-refractivity contribution in [2.24, 2.45) is 0 Å². The molecule has 1 aromatic carbocycles. The van der Waals surface area contributed by atoms with Gasteiger partial charge in [-0.25, -0.2) is 4.98 Å². The number of fused-ring (bicyclic) bond motifs is 1. The summed E-state index contributed by atoms with van der Waals surface area (Å²) in [4.78, 5) is 18.6. The van der Waals surface area contributed by atoms with E-state index in [1.807, 2.05) is 31.2 Å². The molecule has 3 rings (SSSR count). The van der Waals surface area contributed by atoms with Crippen molar-refractivity contribution in [3.63, 3.8) is 0 Å². The second-order valence-corrected chi connectivity index (χ2v) is 5.47. The number of carbonyl (C=O) groups is 1. The quantitative estimate of drug-likeness (QED) is 0.805. The first-order chi connectivity index (χ1) is 9.66. The third kappa shape index (κ3) is 2.29. The molecule has 20 heavy (non-hydrogen) atoms. The second-order valence-electron chi connectivity index (χ2n) is 4.62. The topological polar surface area (TPSA) is 42.4 Å². The van der Waals surface area contributed by atoms with Crippen LogP contribution in [0.25, 0.3) is 0 Å². The Kier molecular flexibility index (Phi) is 3.44. The Bertz CT molecular complexity index is 673. The molecule has 0 N–H and O–H groups in total. The van der Waals surface area contributed by atoms with Gasteiger partial charge < -0.3 is 9.64 Å². The van der Waals surface area contributed by atoms with Crippen molar-refractivity contribution in [3.8, 4) is 5.88 Å². The van der Waals surface area contributed by atoms with Gasteiger partial charge in [-0.3, -0.25) is 4.79 Å². The number of ether oxygens (including phenoxy) is 1. The summed E-state index contributed by atoms with van der Waals surface area (Å²) in [5, 5.41) is 0. The molecule has 0 bridgehead atoms. The first-order valence-electron chi connectivity index (χ1n) is 6.32. The van der Waals surface area contributed by atoms with Gasteiger partial charge in [-0.2, -0.15) is 0 Å². The summed E-state index contributed by atoms with van der Waals surface area (Å²) < 4.78 is 6.27. The van der Waals surface area contributed by atoms with Crippen LogP contribution in [0, 0.1) is 6.92 Å². The van der Waals surface area contributed by atoms with Crippen LogP contribution in [0.2, 0.25) is 0 Å². The van der Waals surface area contributed by atoms with E-state index >= 15 is 0 Å². The van der Waals surface area contributed by atoms with Crippen molar-refractivity contribution in [3.05, 3.63) is 52.1 Å². The maximum Gasteiger partial charge on any atom is 0.259 e. The van der Waals surface area contributed by atoms with Gasteiger partial charge in [-0.05, 0) is 47.1 Å². The van der Waals surface area contributed by atoms with Crippen molar-refractivity contribution in [2.75, 3.05) is 18.1 Å². The first kappa shape index (κ1) is 13.1. The van der Waals surface area contributed by atoms with Gasteiger partial charge in [0.1, 0.15) is 12.3 Å². The number of carbonyl (C=O) groups excluding carboxylic acids is 1. The molecule has 4 nitrogen and oxygen atoms in total. The molecule has 1 aromatic heterocycles. The van der Waals surface area contributed by atoms with Crippen LogP contribution in [0.4, 0.5) is 5.69 Å². The summed E-state index contributed by atoms with van der Waals surface area (Å²) in [6, 6.07) is 9.41. The molecular weight excluding hydrogens is 320 g/mol. The molecule has 1 aliphatic heterocycles. The molecule has 0 fully saturated rings. The van der Waals surface area contributed by atoms with Crippen LogP contribution < -0.4 is 9.64 Å². The average Bonchev–Trinajstić information content (AvgIpc) is 2.48. The number of rotatable bonds is 1. The maximum absolute atomic E-state index is 12.7. The van der Waals surface area contributed by atoms with Gasteiger partial charge in [0.25, 0.3) is 5.91 Å². The minimum absolute atomic E-state index is 0.0434. The summed E-state index contributed by atoms with van der Waals surface area (Å²) >= 11 is 3.44. The van der Waals surface area contributed by atoms with E-state index in [9.17, 15) is 4.79 Å². The summed E-state index contributed by atoms with van der Waals surface area (Å²) in [7, 11) is 0. The van der Waals surface area contributed by atoms with Crippen LogP contribution in [0.15, 0.2) is 41.0 Å². The number of aromatic nitrogens is 1. The Morgan fingerprint density at radius 2 is 2.25 bits per heavy atom. The molecule has 0 saturated carbocycles. The molecule has 0 atom stereocenters. The Morgan fingerprint density at radius 3 is 3.10 bits per heavy atom. The highest BCUT2D eigenvalue weighted by Gasteiger charge is 2.26. The lowest BCUT2D eigenvalue weighted by atomic mass is 10.1. The maximum atomic E-state index is 12.7. The molecule has 0 saturated heterocycles. The van der Waals surface area contributed by atoms with Gasteiger partial charge in [-0.1, -0.05) is 11.6 Å². The Morgan fingerprint density at radius 1 is 1.40 bits per heavy atom. The number of halogens is 1. The zero-order valence-corrected chi connectivity index (χ0v) is 12.6. The fourth-order valence-corrected chi connectivity index (χ4v) is 2.63. The highest BCUT2D eigenvalue weighted by Crippen LogP contribution is 2.31. The minimum atomic E-state index is -0.0434. The fourth-order valence-electron chi connectivity index (χ4n) is 2.21.